The van der Waals surface area contributed by atoms with Crippen molar-refractivity contribution >= 4 is 6.29 Å². The highest BCUT2D eigenvalue weighted by molar-refractivity contribution is 5.82. The molecule has 3 rings (SSSR count). The molecule has 4 heteroatoms. The van der Waals surface area contributed by atoms with E-state index in [1.807, 2.05) is 6.07 Å². The summed E-state index contributed by atoms with van der Waals surface area (Å²) in [6.07, 6.45) is 4.69. The summed E-state index contributed by atoms with van der Waals surface area (Å²) < 4.78 is 11.4. The fourth-order valence-corrected chi connectivity index (χ4v) is 2.59. The zero-order valence-corrected chi connectivity index (χ0v) is 10.3. The Labute approximate surface area is 106 Å². The quantitative estimate of drug-likeness (QED) is 0.812. The van der Waals surface area contributed by atoms with Gasteiger partial charge in [-0.1, -0.05) is 6.07 Å². The van der Waals surface area contributed by atoms with E-state index >= 15 is 0 Å². The second kappa shape index (κ2) is 4.28. The molecule has 0 aromatic heterocycles. The molecular formula is C14H17NO3. The molecule has 0 radical (unpaired) electrons. The van der Waals surface area contributed by atoms with Crippen LogP contribution in [0.1, 0.15) is 41.6 Å². The smallest absolute Gasteiger partial charge is 0.172 e. The van der Waals surface area contributed by atoms with E-state index < -0.39 is 0 Å². The Morgan fingerprint density at radius 3 is 2.44 bits per heavy atom. The Bertz CT molecular complexity index is 480. The molecule has 0 spiro atoms. The van der Waals surface area contributed by atoms with Crippen LogP contribution in [0.15, 0.2) is 12.1 Å². The number of ether oxygens (including phenoxy) is 2. The molecule has 2 N–H and O–H groups in total. The Morgan fingerprint density at radius 1 is 1.11 bits per heavy atom. The molecule has 0 bridgehead atoms. The molecule has 1 aromatic rings. The van der Waals surface area contributed by atoms with Crippen LogP contribution in [-0.2, 0) is 5.54 Å². The van der Waals surface area contributed by atoms with Gasteiger partial charge in [0.25, 0.3) is 0 Å². The molecule has 1 aliphatic carbocycles. The Morgan fingerprint density at radius 2 is 1.83 bits per heavy atom. The Hall–Kier alpha value is -1.55. The minimum Gasteiger partial charge on any atom is -0.489 e. The van der Waals surface area contributed by atoms with E-state index in [9.17, 15) is 4.79 Å². The van der Waals surface area contributed by atoms with E-state index in [1.165, 1.54) is 0 Å². The van der Waals surface area contributed by atoms with Crippen LogP contribution in [0.5, 0.6) is 11.5 Å². The average molecular weight is 247 g/mol. The fraction of sp³-hybridized carbons (Fsp3) is 0.500. The van der Waals surface area contributed by atoms with Gasteiger partial charge in [-0.3, -0.25) is 4.79 Å². The predicted molar refractivity (Wildman–Crippen MR) is 67.2 cm³/mol. The standard InChI is InChI=1S/C14H17NO3/c15-14(5-1-6-14)11-4-3-10(9-16)12-13(11)18-8-2-7-17-12/h3-4,9H,1-2,5-8,15H2. The van der Waals surface area contributed by atoms with Crippen molar-refractivity contribution in [3.63, 3.8) is 0 Å². The van der Waals surface area contributed by atoms with Gasteiger partial charge < -0.3 is 15.2 Å². The molecule has 1 fully saturated rings. The third kappa shape index (κ3) is 1.68. The van der Waals surface area contributed by atoms with Gasteiger partial charge in [0.1, 0.15) is 0 Å². The van der Waals surface area contributed by atoms with Gasteiger partial charge in [0.05, 0.1) is 18.8 Å². The first-order valence-electron chi connectivity index (χ1n) is 6.42. The minimum atomic E-state index is -0.306. The summed E-state index contributed by atoms with van der Waals surface area (Å²) in [5.41, 5.74) is 7.58. The number of benzene rings is 1. The third-order valence-electron chi connectivity index (χ3n) is 3.83. The van der Waals surface area contributed by atoms with E-state index in [2.05, 4.69) is 0 Å². The lowest BCUT2D eigenvalue weighted by molar-refractivity contribution is 0.111. The van der Waals surface area contributed by atoms with Crippen molar-refractivity contribution in [1.82, 2.24) is 0 Å². The van der Waals surface area contributed by atoms with Gasteiger partial charge in [-0.2, -0.15) is 0 Å². The Kier molecular flexibility index (Phi) is 2.74. The van der Waals surface area contributed by atoms with Gasteiger partial charge in [0.15, 0.2) is 17.8 Å². The highest BCUT2D eigenvalue weighted by atomic mass is 16.5. The molecule has 1 heterocycles. The maximum atomic E-state index is 11.1. The second-order valence-electron chi connectivity index (χ2n) is 5.04. The van der Waals surface area contributed by atoms with Crippen LogP contribution in [0.3, 0.4) is 0 Å². The topological polar surface area (TPSA) is 61.6 Å². The molecule has 96 valence electrons. The van der Waals surface area contributed by atoms with Crippen molar-refractivity contribution in [2.45, 2.75) is 31.2 Å². The van der Waals surface area contributed by atoms with Crippen LogP contribution < -0.4 is 15.2 Å². The maximum Gasteiger partial charge on any atom is 0.172 e. The summed E-state index contributed by atoms with van der Waals surface area (Å²) in [5, 5.41) is 0. The second-order valence-corrected chi connectivity index (χ2v) is 5.04. The number of hydrogen-bond acceptors (Lipinski definition) is 4. The van der Waals surface area contributed by atoms with E-state index in [4.69, 9.17) is 15.2 Å². The molecule has 4 nitrogen and oxygen atoms in total. The normalized spacial score (nSPS) is 20.7. The van der Waals surface area contributed by atoms with Crippen molar-refractivity contribution in [3.05, 3.63) is 23.3 Å². The van der Waals surface area contributed by atoms with Crippen molar-refractivity contribution in [3.8, 4) is 11.5 Å². The number of aldehydes is 1. The maximum absolute atomic E-state index is 11.1. The highest BCUT2D eigenvalue weighted by Crippen LogP contribution is 2.47. The largest absolute Gasteiger partial charge is 0.489 e. The van der Waals surface area contributed by atoms with Crippen molar-refractivity contribution in [2.24, 2.45) is 5.73 Å². The summed E-state index contributed by atoms with van der Waals surface area (Å²) in [4.78, 5) is 11.1. The summed E-state index contributed by atoms with van der Waals surface area (Å²) in [7, 11) is 0. The summed E-state index contributed by atoms with van der Waals surface area (Å²) >= 11 is 0. The summed E-state index contributed by atoms with van der Waals surface area (Å²) in [5.74, 6) is 1.25. The molecule has 0 atom stereocenters. The van der Waals surface area contributed by atoms with Gasteiger partial charge >= 0.3 is 0 Å². The molecule has 18 heavy (non-hydrogen) atoms. The fourth-order valence-electron chi connectivity index (χ4n) is 2.59. The van der Waals surface area contributed by atoms with Gasteiger partial charge in [-0.15, -0.1) is 0 Å². The number of carbonyl (C=O) groups excluding carboxylic acids is 1. The molecule has 0 unspecified atom stereocenters. The van der Waals surface area contributed by atoms with Gasteiger partial charge in [-0.25, -0.2) is 0 Å². The summed E-state index contributed by atoms with van der Waals surface area (Å²) in [6.45, 7) is 1.19. The van der Waals surface area contributed by atoms with E-state index in [0.717, 1.165) is 37.5 Å². The lowest BCUT2D eigenvalue weighted by atomic mass is 9.72. The molecule has 1 saturated carbocycles. The number of carbonyl (C=O) groups is 1. The first-order chi connectivity index (χ1) is 8.74. The van der Waals surface area contributed by atoms with Crippen LogP contribution in [0.2, 0.25) is 0 Å². The first kappa shape index (κ1) is 11.5. The van der Waals surface area contributed by atoms with Crippen molar-refractivity contribution in [1.29, 1.82) is 0 Å². The molecule has 1 aliphatic heterocycles. The molecule has 2 aliphatic rings. The van der Waals surface area contributed by atoms with E-state index in [-0.39, 0.29) is 5.54 Å². The van der Waals surface area contributed by atoms with Crippen LogP contribution in [0, 0.1) is 0 Å². The van der Waals surface area contributed by atoms with Crippen LogP contribution in [0.4, 0.5) is 0 Å². The number of rotatable bonds is 2. The van der Waals surface area contributed by atoms with E-state index in [1.54, 1.807) is 6.07 Å². The Balaban J connectivity index is 2.13. The zero-order chi connectivity index (χ0) is 12.6. The SMILES string of the molecule is NC1(c2ccc(C=O)c3c2OCCCO3)CCC1. The summed E-state index contributed by atoms with van der Waals surface area (Å²) in [6, 6.07) is 3.69. The predicted octanol–water partition coefficient (Wildman–Crippen LogP) is 2.00. The van der Waals surface area contributed by atoms with Gasteiger partial charge in [0, 0.05) is 17.5 Å². The molecular weight excluding hydrogens is 230 g/mol. The number of fused-ring (bicyclic) bond motifs is 1. The first-order valence-corrected chi connectivity index (χ1v) is 6.42. The highest BCUT2D eigenvalue weighted by Gasteiger charge is 2.38. The zero-order valence-electron chi connectivity index (χ0n) is 10.3. The average Bonchev–Trinajstić information content (AvgIpc) is 2.60. The van der Waals surface area contributed by atoms with Crippen molar-refractivity contribution in [2.75, 3.05) is 13.2 Å². The number of nitrogens with two attached hydrogens (primary N) is 1. The lowest BCUT2D eigenvalue weighted by Crippen LogP contribution is -2.43. The van der Waals surface area contributed by atoms with Gasteiger partial charge in [0.2, 0.25) is 0 Å². The molecule has 0 amide bonds. The lowest BCUT2D eigenvalue weighted by Gasteiger charge is -2.39. The van der Waals surface area contributed by atoms with Gasteiger partial charge in [-0.05, 0) is 25.3 Å². The molecule has 1 aromatic carbocycles. The monoisotopic (exact) mass is 247 g/mol. The van der Waals surface area contributed by atoms with E-state index in [0.29, 0.717) is 30.3 Å². The third-order valence-corrected chi connectivity index (χ3v) is 3.83. The molecule has 0 saturated heterocycles. The number of hydrogen-bond donors (Lipinski definition) is 1. The van der Waals surface area contributed by atoms with Crippen molar-refractivity contribution < 1.29 is 14.3 Å². The van der Waals surface area contributed by atoms with Crippen LogP contribution in [0.25, 0.3) is 0 Å². The van der Waals surface area contributed by atoms with Crippen LogP contribution in [-0.4, -0.2) is 19.5 Å². The van der Waals surface area contributed by atoms with Crippen LogP contribution >= 0.6 is 0 Å². The minimum absolute atomic E-state index is 0.306.